The Morgan fingerprint density at radius 3 is 2.27 bits per heavy atom. The average Bonchev–Trinajstić information content (AvgIpc) is 2.22. The minimum atomic E-state index is -0.172. The van der Waals surface area contributed by atoms with Crippen molar-refractivity contribution in [3.05, 3.63) is 0 Å². The maximum Gasteiger partial charge on any atom is 0.235 e. The Hall–Kier alpha value is -0.710. The Bertz CT molecular complexity index is 231. The molecule has 0 heterocycles. The molecule has 1 atom stereocenters. The summed E-state index contributed by atoms with van der Waals surface area (Å²) in [5, 5.41) is 2.35. The summed E-state index contributed by atoms with van der Waals surface area (Å²) in [6.45, 7) is 5.76. The first kappa shape index (κ1) is 14.3. The maximum atomic E-state index is 11.8. The highest BCUT2D eigenvalue weighted by Crippen LogP contribution is 2.13. The summed E-state index contributed by atoms with van der Waals surface area (Å²) in [6, 6.07) is 0.195. The minimum absolute atomic E-state index is 0.0492. The van der Waals surface area contributed by atoms with Crippen molar-refractivity contribution in [3.8, 4) is 0 Å². The predicted molar refractivity (Wildman–Crippen MR) is 63.9 cm³/mol. The molecule has 1 N–H and O–H groups in total. The zero-order valence-corrected chi connectivity index (χ0v) is 10.9. The molecule has 5 heteroatoms. The molecule has 15 heavy (non-hydrogen) atoms. The van der Waals surface area contributed by atoms with Crippen molar-refractivity contribution in [2.24, 2.45) is 0 Å². The van der Waals surface area contributed by atoms with Crippen molar-refractivity contribution in [2.45, 2.75) is 32.1 Å². The second-order valence-electron chi connectivity index (χ2n) is 3.67. The number of carbonyl (C=O) groups excluding carboxylic acids is 2. The molecular formula is C10H20N2O2S. The average molecular weight is 232 g/mol. The molecule has 0 aromatic carbocycles. The van der Waals surface area contributed by atoms with Crippen molar-refractivity contribution >= 4 is 23.6 Å². The lowest BCUT2D eigenvalue weighted by molar-refractivity contribution is -0.130. The maximum absolute atomic E-state index is 11.8. The third-order valence-corrected chi connectivity index (χ3v) is 3.34. The highest BCUT2D eigenvalue weighted by Gasteiger charge is 2.20. The van der Waals surface area contributed by atoms with E-state index >= 15 is 0 Å². The summed E-state index contributed by atoms with van der Waals surface area (Å²) >= 11 is 1.36. The number of hydrogen-bond donors (Lipinski definition) is 1. The summed E-state index contributed by atoms with van der Waals surface area (Å²) in [7, 11) is 3.37. The van der Waals surface area contributed by atoms with Gasteiger partial charge in [0.2, 0.25) is 11.8 Å². The second kappa shape index (κ2) is 6.71. The normalized spacial score (nSPS) is 12.4. The van der Waals surface area contributed by atoms with Crippen LogP contribution in [-0.2, 0) is 9.59 Å². The van der Waals surface area contributed by atoms with Gasteiger partial charge in [-0.15, -0.1) is 11.8 Å². The van der Waals surface area contributed by atoms with E-state index < -0.39 is 0 Å². The molecule has 0 aliphatic carbocycles. The number of hydrogen-bond acceptors (Lipinski definition) is 3. The second-order valence-corrected chi connectivity index (χ2v) is 5.00. The standard InChI is InChI=1S/C10H20N2O2S/c1-7(2)12(5)10(14)8(3)15-6-9(13)11-4/h7-8H,6H2,1-5H3,(H,11,13). The topological polar surface area (TPSA) is 49.4 Å². The smallest absolute Gasteiger partial charge is 0.235 e. The number of amides is 2. The number of nitrogens with zero attached hydrogens (tertiary/aromatic N) is 1. The summed E-state index contributed by atoms with van der Waals surface area (Å²) < 4.78 is 0. The fraction of sp³-hybridized carbons (Fsp3) is 0.800. The number of rotatable bonds is 5. The number of nitrogens with one attached hydrogen (secondary N) is 1. The van der Waals surface area contributed by atoms with Gasteiger partial charge >= 0.3 is 0 Å². The van der Waals surface area contributed by atoms with Gasteiger partial charge < -0.3 is 10.2 Å². The molecule has 0 fully saturated rings. The van der Waals surface area contributed by atoms with Gasteiger partial charge in [0, 0.05) is 20.1 Å². The first-order valence-corrected chi connectivity index (χ1v) is 6.03. The van der Waals surface area contributed by atoms with Crippen LogP contribution in [0, 0.1) is 0 Å². The monoisotopic (exact) mass is 232 g/mol. The van der Waals surface area contributed by atoms with Crippen LogP contribution >= 0.6 is 11.8 Å². The molecular weight excluding hydrogens is 212 g/mol. The Morgan fingerprint density at radius 2 is 1.87 bits per heavy atom. The zero-order chi connectivity index (χ0) is 12.0. The van der Waals surface area contributed by atoms with Crippen molar-refractivity contribution in [1.82, 2.24) is 10.2 Å². The minimum Gasteiger partial charge on any atom is -0.358 e. The molecule has 1 unspecified atom stereocenters. The molecule has 0 aromatic rings. The van der Waals surface area contributed by atoms with E-state index in [-0.39, 0.29) is 23.1 Å². The Kier molecular flexibility index (Phi) is 6.40. The van der Waals surface area contributed by atoms with E-state index in [1.54, 1.807) is 19.0 Å². The van der Waals surface area contributed by atoms with Gasteiger partial charge in [0.05, 0.1) is 11.0 Å². The van der Waals surface area contributed by atoms with Gasteiger partial charge in [0.15, 0.2) is 0 Å². The third-order valence-electron chi connectivity index (χ3n) is 2.21. The molecule has 0 aromatic heterocycles. The zero-order valence-electron chi connectivity index (χ0n) is 10.0. The lowest BCUT2D eigenvalue weighted by Crippen LogP contribution is -2.38. The Balaban J connectivity index is 4.04. The van der Waals surface area contributed by atoms with E-state index in [4.69, 9.17) is 0 Å². The molecule has 0 rings (SSSR count). The SMILES string of the molecule is CNC(=O)CSC(C)C(=O)N(C)C(C)C. The van der Waals surface area contributed by atoms with Crippen molar-refractivity contribution < 1.29 is 9.59 Å². The largest absolute Gasteiger partial charge is 0.358 e. The Morgan fingerprint density at radius 1 is 1.33 bits per heavy atom. The van der Waals surface area contributed by atoms with Crippen molar-refractivity contribution in [3.63, 3.8) is 0 Å². The third kappa shape index (κ3) is 5.06. The van der Waals surface area contributed by atoms with Gasteiger partial charge in [-0.25, -0.2) is 0 Å². The summed E-state index contributed by atoms with van der Waals surface area (Å²) in [5.41, 5.74) is 0. The lowest BCUT2D eigenvalue weighted by atomic mass is 10.3. The first-order valence-electron chi connectivity index (χ1n) is 4.99. The van der Waals surface area contributed by atoms with Crippen LogP contribution in [0.2, 0.25) is 0 Å². The van der Waals surface area contributed by atoms with E-state index in [2.05, 4.69) is 5.32 Å². The molecule has 0 aliphatic heterocycles. The molecule has 2 amide bonds. The number of carbonyl (C=O) groups is 2. The summed E-state index contributed by atoms with van der Waals surface area (Å²) in [6.07, 6.45) is 0. The highest BCUT2D eigenvalue weighted by atomic mass is 32.2. The Labute approximate surface area is 95.8 Å². The van der Waals surface area contributed by atoms with Gasteiger partial charge in [-0.05, 0) is 20.8 Å². The van der Waals surface area contributed by atoms with E-state index in [1.165, 1.54) is 11.8 Å². The fourth-order valence-electron chi connectivity index (χ4n) is 0.885. The molecule has 88 valence electrons. The summed E-state index contributed by atoms with van der Waals surface area (Å²) in [4.78, 5) is 24.4. The van der Waals surface area contributed by atoms with Crippen LogP contribution in [0.15, 0.2) is 0 Å². The molecule has 0 saturated carbocycles. The quantitative estimate of drug-likeness (QED) is 0.760. The highest BCUT2D eigenvalue weighted by molar-refractivity contribution is 8.01. The summed E-state index contributed by atoms with van der Waals surface area (Å²) in [5.74, 6) is 0.348. The van der Waals surface area contributed by atoms with Crippen molar-refractivity contribution in [2.75, 3.05) is 19.8 Å². The van der Waals surface area contributed by atoms with Crippen LogP contribution in [0.25, 0.3) is 0 Å². The van der Waals surface area contributed by atoms with Gasteiger partial charge in [0.1, 0.15) is 0 Å². The van der Waals surface area contributed by atoms with Crippen LogP contribution in [0.1, 0.15) is 20.8 Å². The van der Waals surface area contributed by atoms with Crippen LogP contribution in [0.4, 0.5) is 0 Å². The van der Waals surface area contributed by atoms with Gasteiger partial charge in [-0.1, -0.05) is 0 Å². The van der Waals surface area contributed by atoms with E-state index in [1.807, 2.05) is 20.8 Å². The van der Waals surface area contributed by atoms with Crippen LogP contribution in [0.5, 0.6) is 0 Å². The molecule has 0 saturated heterocycles. The van der Waals surface area contributed by atoms with Crippen LogP contribution in [0.3, 0.4) is 0 Å². The molecule has 0 aliphatic rings. The lowest BCUT2D eigenvalue weighted by Gasteiger charge is -2.24. The fourth-order valence-corrected chi connectivity index (χ4v) is 1.74. The number of thioether (sulfide) groups is 1. The first-order chi connectivity index (χ1) is 6.90. The van der Waals surface area contributed by atoms with E-state index in [0.717, 1.165) is 0 Å². The van der Waals surface area contributed by atoms with Gasteiger partial charge in [-0.3, -0.25) is 9.59 Å². The molecule has 0 radical (unpaired) electrons. The molecule has 0 spiro atoms. The van der Waals surface area contributed by atoms with Crippen LogP contribution < -0.4 is 5.32 Å². The molecule has 0 bridgehead atoms. The van der Waals surface area contributed by atoms with E-state index in [0.29, 0.717) is 5.75 Å². The van der Waals surface area contributed by atoms with Crippen molar-refractivity contribution in [1.29, 1.82) is 0 Å². The predicted octanol–water partition coefficient (Wildman–Crippen LogP) is 0.721. The van der Waals surface area contributed by atoms with Gasteiger partial charge in [-0.2, -0.15) is 0 Å². The van der Waals surface area contributed by atoms with Crippen LogP contribution in [-0.4, -0.2) is 47.9 Å². The molecule has 4 nitrogen and oxygen atoms in total. The van der Waals surface area contributed by atoms with E-state index in [9.17, 15) is 9.59 Å². The van der Waals surface area contributed by atoms with Gasteiger partial charge in [0.25, 0.3) is 0 Å².